The zero-order valence-corrected chi connectivity index (χ0v) is 16.4. The molecule has 0 atom stereocenters. The Morgan fingerprint density at radius 3 is 2.97 bits per heavy atom. The van der Waals surface area contributed by atoms with Crippen molar-refractivity contribution in [3.63, 3.8) is 0 Å². The normalized spacial score (nSPS) is 14.6. The Kier molecular flexibility index (Phi) is 3.82. The Bertz CT molecular complexity index is 1360. The molecule has 0 saturated carbocycles. The molecule has 5 heterocycles. The lowest BCUT2D eigenvalue weighted by atomic mass is 10.0. The van der Waals surface area contributed by atoms with Crippen LogP contribution in [0.1, 0.15) is 12.1 Å². The third-order valence-corrected chi connectivity index (χ3v) is 6.09. The molecule has 0 spiro atoms. The second kappa shape index (κ2) is 6.65. The van der Waals surface area contributed by atoms with Gasteiger partial charge in [0.1, 0.15) is 5.69 Å². The van der Waals surface area contributed by atoms with Gasteiger partial charge in [-0.2, -0.15) is 16.4 Å². The Balaban J connectivity index is 1.50. The van der Waals surface area contributed by atoms with Crippen LogP contribution in [0.3, 0.4) is 0 Å². The highest BCUT2D eigenvalue weighted by molar-refractivity contribution is 7.08. The fourth-order valence-corrected chi connectivity index (χ4v) is 4.58. The van der Waals surface area contributed by atoms with Crippen LogP contribution in [-0.4, -0.2) is 38.2 Å². The number of hydrogen-bond acceptors (Lipinski definition) is 5. The number of nitrogens with one attached hydrogen (secondary N) is 3. The molecule has 29 heavy (non-hydrogen) atoms. The number of hydrogen-bond donors (Lipinski definition) is 3. The largest absolute Gasteiger partial charge is 0.337 e. The molecule has 0 fully saturated rings. The molecule has 142 valence electrons. The lowest BCUT2D eigenvalue weighted by molar-refractivity contribution is 0.737. The molecule has 0 radical (unpaired) electrons. The topological polar surface area (TPSA) is 82.3 Å². The van der Waals surface area contributed by atoms with Gasteiger partial charge in [-0.1, -0.05) is 18.2 Å². The van der Waals surface area contributed by atoms with E-state index >= 15 is 0 Å². The monoisotopic (exact) mass is 398 g/mol. The van der Waals surface area contributed by atoms with E-state index in [9.17, 15) is 0 Å². The van der Waals surface area contributed by atoms with Crippen molar-refractivity contribution in [3.8, 4) is 22.6 Å². The Morgan fingerprint density at radius 1 is 1.10 bits per heavy atom. The van der Waals surface area contributed by atoms with Gasteiger partial charge in [0.2, 0.25) is 0 Å². The summed E-state index contributed by atoms with van der Waals surface area (Å²) >= 11 is 1.69. The second-order valence-corrected chi connectivity index (χ2v) is 7.95. The maximum Gasteiger partial charge on any atom is 0.159 e. The van der Waals surface area contributed by atoms with Gasteiger partial charge < -0.3 is 10.3 Å². The van der Waals surface area contributed by atoms with E-state index in [1.807, 2.05) is 6.20 Å². The van der Waals surface area contributed by atoms with Gasteiger partial charge >= 0.3 is 0 Å². The van der Waals surface area contributed by atoms with Gasteiger partial charge in [0.15, 0.2) is 5.82 Å². The lowest BCUT2D eigenvalue weighted by Crippen LogP contribution is -2.20. The zero-order chi connectivity index (χ0) is 19.2. The summed E-state index contributed by atoms with van der Waals surface area (Å²) < 4.78 is 0. The maximum atomic E-state index is 4.92. The molecule has 0 unspecified atom stereocenters. The first kappa shape index (κ1) is 16.6. The fraction of sp³-hybridized carbons (Fsp3) is 0.136. The van der Waals surface area contributed by atoms with Crippen LogP contribution in [0.4, 0.5) is 0 Å². The van der Waals surface area contributed by atoms with Gasteiger partial charge in [-0.25, -0.2) is 4.98 Å². The fourth-order valence-electron chi connectivity index (χ4n) is 3.92. The van der Waals surface area contributed by atoms with Crippen LogP contribution in [0, 0.1) is 0 Å². The number of H-pyrrole nitrogens is 2. The molecule has 3 N–H and O–H groups in total. The highest BCUT2D eigenvalue weighted by Crippen LogP contribution is 2.33. The van der Waals surface area contributed by atoms with Crippen LogP contribution in [0.15, 0.2) is 53.4 Å². The van der Waals surface area contributed by atoms with Gasteiger partial charge in [0.05, 0.1) is 28.4 Å². The van der Waals surface area contributed by atoms with Crippen molar-refractivity contribution < 1.29 is 0 Å². The van der Waals surface area contributed by atoms with Crippen molar-refractivity contribution >= 4 is 38.8 Å². The number of fused-ring (bicyclic) bond motifs is 2. The first-order valence-electron chi connectivity index (χ1n) is 9.63. The number of aromatic nitrogens is 5. The zero-order valence-electron chi connectivity index (χ0n) is 15.6. The molecule has 4 aromatic heterocycles. The minimum Gasteiger partial charge on any atom is -0.337 e. The standard InChI is InChI=1S/C22H18N6S/c1-2-15(14-6-9-29-12-14)20-17(3-1)25-22(26-20)21-16-10-18(13-4-7-23-8-5-13)24-11-19(16)27-28-21/h1-4,6,9-12,23H,5,7-8H2,(H,25,26)(H,27,28). The number of para-hydroxylation sites is 1. The maximum absolute atomic E-state index is 4.92. The summed E-state index contributed by atoms with van der Waals surface area (Å²) in [5.74, 6) is 0.769. The Hall–Kier alpha value is -3.29. The van der Waals surface area contributed by atoms with Crippen molar-refractivity contribution in [1.82, 2.24) is 30.5 Å². The molecule has 0 bridgehead atoms. The van der Waals surface area contributed by atoms with Crippen molar-refractivity contribution in [2.45, 2.75) is 6.42 Å². The van der Waals surface area contributed by atoms with Crippen molar-refractivity contribution in [2.75, 3.05) is 13.1 Å². The molecule has 1 aromatic carbocycles. The first-order valence-corrected chi connectivity index (χ1v) is 10.6. The van der Waals surface area contributed by atoms with Crippen molar-refractivity contribution in [2.24, 2.45) is 0 Å². The highest BCUT2D eigenvalue weighted by atomic mass is 32.1. The van der Waals surface area contributed by atoms with Crippen LogP contribution in [-0.2, 0) is 0 Å². The summed E-state index contributed by atoms with van der Waals surface area (Å²) in [5, 5.41) is 16.3. The van der Waals surface area contributed by atoms with E-state index < -0.39 is 0 Å². The van der Waals surface area contributed by atoms with Gasteiger partial charge in [-0.05, 0) is 53.1 Å². The van der Waals surface area contributed by atoms with E-state index in [0.29, 0.717) is 0 Å². The van der Waals surface area contributed by atoms with Crippen molar-refractivity contribution in [1.29, 1.82) is 0 Å². The predicted octanol–water partition coefficient (Wildman–Crippen LogP) is 4.61. The summed E-state index contributed by atoms with van der Waals surface area (Å²) in [5.41, 5.74) is 8.33. The molecule has 1 aliphatic heterocycles. The average Bonchev–Trinajstić information content (AvgIpc) is 3.52. The molecule has 7 heteroatoms. The van der Waals surface area contributed by atoms with E-state index in [4.69, 9.17) is 4.98 Å². The molecule has 6 rings (SSSR count). The first-order chi connectivity index (χ1) is 14.4. The minimum atomic E-state index is 0.769. The number of pyridine rings is 1. The second-order valence-electron chi connectivity index (χ2n) is 7.17. The summed E-state index contributed by atoms with van der Waals surface area (Å²) in [7, 11) is 0. The van der Waals surface area contributed by atoms with Crippen LogP contribution in [0.2, 0.25) is 0 Å². The molecule has 6 nitrogen and oxygen atoms in total. The van der Waals surface area contributed by atoms with E-state index in [-0.39, 0.29) is 0 Å². The van der Waals surface area contributed by atoms with Crippen LogP contribution in [0.25, 0.3) is 50.2 Å². The number of nitrogens with zero attached hydrogens (tertiary/aromatic N) is 3. The summed E-state index contributed by atoms with van der Waals surface area (Å²) in [6.45, 7) is 1.88. The molecule has 5 aromatic rings. The van der Waals surface area contributed by atoms with Gasteiger partial charge in [0, 0.05) is 17.5 Å². The molecular formula is C22H18N6S. The van der Waals surface area contributed by atoms with E-state index in [0.717, 1.165) is 64.2 Å². The number of rotatable bonds is 3. The average molecular weight is 398 g/mol. The summed E-state index contributed by atoms with van der Waals surface area (Å²) in [6.07, 6.45) is 5.07. The molecule has 1 aliphatic rings. The highest BCUT2D eigenvalue weighted by Gasteiger charge is 2.17. The number of thiophene rings is 1. The molecular weight excluding hydrogens is 380 g/mol. The summed E-state index contributed by atoms with van der Waals surface area (Å²) in [4.78, 5) is 13.0. The van der Waals surface area contributed by atoms with Crippen molar-refractivity contribution in [3.05, 3.63) is 59.1 Å². The Morgan fingerprint density at radius 2 is 2.10 bits per heavy atom. The van der Waals surface area contributed by atoms with Crippen LogP contribution >= 0.6 is 11.3 Å². The van der Waals surface area contributed by atoms with E-state index in [1.54, 1.807) is 11.3 Å². The van der Waals surface area contributed by atoms with E-state index in [2.05, 4.69) is 72.7 Å². The molecule has 0 amide bonds. The summed E-state index contributed by atoms with van der Waals surface area (Å²) in [6, 6.07) is 10.5. The SMILES string of the molecule is C1=C(c2cc3c(-c4nc5c(-c6ccsc6)cccc5[nH]4)n[nH]c3cn2)CCNC1. The van der Waals surface area contributed by atoms with Gasteiger partial charge in [-0.15, -0.1) is 0 Å². The number of aromatic amines is 2. The predicted molar refractivity (Wildman–Crippen MR) is 118 cm³/mol. The number of imidazole rings is 1. The van der Waals surface area contributed by atoms with Gasteiger partial charge in [0.25, 0.3) is 0 Å². The quantitative estimate of drug-likeness (QED) is 0.415. The van der Waals surface area contributed by atoms with E-state index in [1.165, 1.54) is 11.1 Å². The Labute approximate surface area is 170 Å². The van der Waals surface area contributed by atoms with Crippen LogP contribution < -0.4 is 5.32 Å². The molecule has 0 aliphatic carbocycles. The third kappa shape index (κ3) is 2.78. The molecule has 0 saturated heterocycles. The minimum absolute atomic E-state index is 0.769. The van der Waals surface area contributed by atoms with Crippen LogP contribution in [0.5, 0.6) is 0 Å². The third-order valence-electron chi connectivity index (χ3n) is 5.41. The lowest BCUT2D eigenvalue weighted by Gasteiger charge is -2.13. The van der Waals surface area contributed by atoms with Gasteiger partial charge in [-0.3, -0.25) is 10.1 Å². The smallest absolute Gasteiger partial charge is 0.159 e. The number of benzene rings is 1.